The quantitative estimate of drug-likeness (QED) is 0.578. The summed E-state index contributed by atoms with van der Waals surface area (Å²) in [7, 11) is 0. The van der Waals surface area contributed by atoms with Gasteiger partial charge in [-0.05, 0) is 25.0 Å². The molecule has 1 aromatic heterocycles. The molecule has 0 amide bonds. The van der Waals surface area contributed by atoms with Crippen molar-refractivity contribution in [2.45, 2.75) is 12.8 Å². The Kier molecular flexibility index (Phi) is 4.83. The minimum atomic E-state index is 0.697. The van der Waals surface area contributed by atoms with Crippen LogP contribution in [0, 0.1) is 0 Å². The molecule has 0 saturated heterocycles. The van der Waals surface area contributed by atoms with Crippen molar-refractivity contribution in [2.75, 3.05) is 12.5 Å². The van der Waals surface area contributed by atoms with Crippen LogP contribution in [-0.4, -0.2) is 17.5 Å². The number of aromatic nitrogens is 1. The molecular weight excluding hydrogens is 254 g/mol. The maximum atomic E-state index is 5.66. The smallest absolute Gasteiger partial charge is 0.119 e. The summed E-state index contributed by atoms with van der Waals surface area (Å²) in [6.07, 6.45) is 1.98. The van der Waals surface area contributed by atoms with Crippen LogP contribution in [0.3, 0.4) is 0 Å². The van der Waals surface area contributed by atoms with Crippen LogP contribution in [0.2, 0.25) is 0 Å². The number of thiazole rings is 1. The predicted molar refractivity (Wildman–Crippen MR) is 73.0 cm³/mol. The molecule has 0 fully saturated rings. The molecular formula is C13H14ClNOS. The van der Waals surface area contributed by atoms with Gasteiger partial charge in [-0.15, -0.1) is 22.9 Å². The molecule has 0 spiro atoms. The second-order valence-corrected chi connectivity index (χ2v) is 4.74. The average Bonchev–Trinajstić information content (AvgIpc) is 2.89. The van der Waals surface area contributed by atoms with E-state index in [9.17, 15) is 0 Å². The van der Waals surface area contributed by atoms with E-state index >= 15 is 0 Å². The molecule has 0 aliphatic carbocycles. The highest BCUT2D eigenvalue weighted by Crippen LogP contribution is 2.23. The highest BCUT2D eigenvalue weighted by Gasteiger charge is 2.01. The fourth-order valence-electron chi connectivity index (χ4n) is 1.49. The number of alkyl halides is 1. The highest BCUT2D eigenvalue weighted by atomic mass is 35.5. The van der Waals surface area contributed by atoms with Gasteiger partial charge >= 0.3 is 0 Å². The van der Waals surface area contributed by atoms with Gasteiger partial charge in [-0.3, -0.25) is 0 Å². The van der Waals surface area contributed by atoms with Gasteiger partial charge in [0.1, 0.15) is 5.75 Å². The van der Waals surface area contributed by atoms with E-state index < -0.39 is 0 Å². The Balaban J connectivity index is 1.97. The Morgan fingerprint density at radius 2 is 2.24 bits per heavy atom. The van der Waals surface area contributed by atoms with E-state index in [1.54, 1.807) is 11.3 Å². The molecule has 0 radical (unpaired) electrons. The molecule has 0 aliphatic rings. The first-order valence-corrected chi connectivity index (χ1v) is 7.05. The van der Waals surface area contributed by atoms with E-state index in [0.717, 1.165) is 29.8 Å². The van der Waals surface area contributed by atoms with Gasteiger partial charge in [0.2, 0.25) is 0 Å². The number of halogens is 1. The molecule has 0 saturated carbocycles. The van der Waals surface area contributed by atoms with Gasteiger partial charge in [0.05, 0.1) is 17.8 Å². The van der Waals surface area contributed by atoms with Crippen LogP contribution in [-0.2, 0) is 0 Å². The standard InChI is InChI=1S/C13H14ClNOS/c14-6-1-2-7-16-12-5-3-4-11(8-12)13-9-17-10-15-13/h3-5,8-10H,1-2,6-7H2. The van der Waals surface area contributed by atoms with Crippen LogP contribution in [0.5, 0.6) is 5.75 Å². The van der Waals surface area contributed by atoms with Gasteiger partial charge in [-0.2, -0.15) is 0 Å². The largest absolute Gasteiger partial charge is 0.494 e. The highest BCUT2D eigenvalue weighted by molar-refractivity contribution is 7.07. The molecule has 0 atom stereocenters. The number of benzene rings is 1. The van der Waals surface area contributed by atoms with Crippen molar-refractivity contribution in [2.24, 2.45) is 0 Å². The number of hydrogen-bond acceptors (Lipinski definition) is 3. The van der Waals surface area contributed by atoms with Crippen LogP contribution in [0.15, 0.2) is 35.2 Å². The number of ether oxygens (including phenoxy) is 1. The summed E-state index contributed by atoms with van der Waals surface area (Å²) in [5.74, 6) is 1.59. The van der Waals surface area contributed by atoms with E-state index in [1.165, 1.54) is 0 Å². The van der Waals surface area contributed by atoms with Crippen LogP contribution < -0.4 is 4.74 Å². The minimum Gasteiger partial charge on any atom is -0.494 e. The van der Waals surface area contributed by atoms with Gasteiger partial charge in [-0.25, -0.2) is 4.98 Å². The molecule has 2 rings (SSSR count). The van der Waals surface area contributed by atoms with Crippen LogP contribution in [0.4, 0.5) is 0 Å². The SMILES string of the molecule is ClCCCCOc1cccc(-c2cscn2)c1. The second-order valence-electron chi connectivity index (χ2n) is 3.65. The molecule has 4 heteroatoms. The van der Waals surface area contributed by atoms with Crippen molar-refractivity contribution in [1.29, 1.82) is 0 Å². The van der Waals surface area contributed by atoms with Crippen molar-refractivity contribution >= 4 is 22.9 Å². The van der Waals surface area contributed by atoms with E-state index in [4.69, 9.17) is 16.3 Å². The molecule has 90 valence electrons. The molecule has 1 aromatic carbocycles. The lowest BCUT2D eigenvalue weighted by molar-refractivity contribution is 0.310. The lowest BCUT2D eigenvalue weighted by atomic mass is 10.2. The summed E-state index contributed by atoms with van der Waals surface area (Å²) in [6, 6.07) is 8.03. The maximum Gasteiger partial charge on any atom is 0.119 e. The first-order valence-electron chi connectivity index (χ1n) is 5.57. The Hall–Kier alpha value is -1.06. The Morgan fingerprint density at radius 3 is 3.00 bits per heavy atom. The van der Waals surface area contributed by atoms with Crippen LogP contribution in [0.25, 0.3) is 11.3 Å². The van der Waals surface area contributed by atoms with Crippen molar-refractivity contribution in [3.8, 4) is 17.0 Å². The lowest BCUT2D eigenvalue weighted by Gasteiger charge is -2.06. The van der Waals surface area contributed by atoms with E-state index in [2.05, 4.69) is 4.98 Å². The second kappa shape index (κ2) is 6.62. The molecule has 17 heavy (non-hydrogen) atoms. The lowest BCUT2D eigenvalue weighted by Crippen LogP contribution is -1.97. The molecule has 2 nitrogen and oxygen atoms in total. The normalized spacial score (nSPS) is 10.4. The van der Waals surface area contributed by atoms with Gasteiger partial charge in [-0.1, -0.05) is 12.1 Å². The zero-order chi connectivity index (χ0) is 11.9. The monoisotopic (exact) mass is 267 g/mol. The zero-order valence-corrected chi connectivity index (χ0v) is 11.0. The first kappa shape index (κ1) is 12.4. The van der Waals surface area contributed by atoms with Crippen LogP contribution >= 0.6 is 22.9 Å². The summed E-state index contributed by atoms with van der Waals surface area (Å²) in [6.45, 7) is 0.716. The van der Waals surface area contributed by atoms with E-state index in [1.807, 2.05) is 35.2 Å². The number of nitrogens with zero attached hydrogens (tertiary/aromatic N) is 1. The van der Waals surface area contributed by atoms with Crippen molar-refractivity contribution in [3.63, 3.8) is 0 Å². The summed E-state index contributed by atoms with van der Waals surface area (Å²) >= 11 is 7.21. The summed E-state index contributed by atoms with van der Waals surface area (Å²) in [4.78, 5) is 4.28. The molecule has 0 bridgehead atoms. The Morgan fingerprint density at radius 1 is 1.29 bits per heavy atom. The third-order valence-electron chi connectivity index (χ3n) is 2.36. The summed E-state index contributed by atoms with van der Waals surface area (Å²) in [5.41, 5.74) is 3.94. The summed E-state index contributed by atoms with van der Waals surface area (Å²) in [5, 5.41) is 2.03. The van der Waals surface area contributed by atoms with Gasteiger partial charge in [0.25, 0.3) is 0 Å². The molecule has 0 aliphatic heterocycles. The fraction of sp³-hybridized carbons (Fsp3) is 0.308. The Bertz CT molecular complexity index is 444. The average molecular weight is 268 g/mol. The van der Waals surface area contributed by atoms with Gasteiger partial charge in [0.15, 0.2) is 0 Å². The maximum absolute atomic E-state index is 5.66. The fourth-order valence-corrected chi connectivity index (χ4v) is 2.24. The minimum absolute atomic E-state index is 0.697. The molecule has 2 aromatic rings. The van der Waals surface area contributed by atoms with Gasteiger partial charge < -0.3 is 4.74 Å². The van der Waals surface area contributed by atoms with Crippen molar-refractivity contribution < 1.29 is 4.74 Å². The number of unbranched alkanes of at least 4 members (excludes halogenated alkanes) is 1. The topological polar surface area (TPSA) is 22.1 Å². The third kappa shape index (κ3) is 3.72. The number of rotatable bonds is 6. The van der Waals surface area contributed by atoms with E-state index in [-0.39, 0.29) is 0 Å². The first-order chi connectivity index (χ1) is 8.40. The van der Waals surface area contributed by atoms with Crippen molar-refractivity contribution in [3.05, 3.63) is 35.2 Å². The summed E-state index contributed by atoms with van der Waals surface area (Å²) < 4.78 is 5.66. The molecule has 0 N–H and O–H groups in total. The Labute approximate surface area is 110 Å². The number of hydrogen-bond donors (Lipinski definition) is 0. The van der Waals surface area contributed by atoms with E-state index in [0.29, 0.717) is 12.5 Å². The zero-order valence-electron chi connectivity index (χ0n) is 9.43. The molecule has 0 unspecified atom stereocenters. The van der Waals surface area contributed by atoms with Gasteiger partial charge in [0, 0.05) is 16.8 Å². The predicted octanol–water partition coefficient (Wildman–Crippen LogP) is 4.21. The van der Waals surface area contributed by atoms with Crippen molar-refractivity contribution in [1.82, 2.24) is 4.98 Å². The van der Waals surface area contributed by atoms with Crippen LogP contribution in [0.1, 0.15) is 12.8 Å². The third-order valence-corrected chi connectivity index (χ3v) is 3.21. The molecule has 1 heterocycles.